The highest BCUT2D eigenvalue weighted by atomic mass is 16.5. The monoisotopic (exact) mass is 240 g/mol. The Balaban J connectivity index is 1.86. The molecule has 0 aromatic heterocycles. The van der Waals surface area contributed by atoms with Gasteiger partial charge < -0.3 is 15.4 Å². The van der Waals surface area contributed by atoms with Crippen LogP contribution in [0.3, 0.4) is 0 Å². The molecule has 3 heteroatoms. The van der Waals surface area contributed by atoms with Crippen LogP contribution >= 0.6 is 0 Å². The maximum atomic E-state index is 6.02. The number of hydrogen-bond acceptors (Lipinski definition) is 3. The van der Waals surface area contributed by atoms with E-state index in [1.165, 1.54) is 58.0 Å². The van der Waals surface area contributed by atoms with Crippen molar-refractivity contribution in [2.75, 3.05) is 39.4 Å². The van der Waals surface area contributed by atoms with Crippen LogP contribution in [-0.4, -0.2) is 44.3 Å². The fourth-order valence-electron chi connectivity index (χ4n) is 3.21. The van der Waals surface area contributed by atoms with E-state index in [2.05, 4.69) is 4.90 Å². The number of hydrogen-bond donors (Lipinski definition) is 1. The maximum absolute atomic E-state index is 6.02. The van der Waals surface area contributed by atoms with Crippen molar-refractivity contribution < 1.29 is 4.74 Å². The lowest BCUT2D eigenvalue weighted by atomic mass is 9.82. The van der Waals surface area contributed by atoms with Crippen molar-refractivity contribution in [1.29, 1.82) is 0 Å². The fourth-order valence-corrected chi connectivity index (χ4v) is 3.21. The highest BCUT2D eigenvalue weighted by Gasteiger charge is 2.33. The smallest absolute Gasteiger partial charge is 0.0546 e. The molecule has 17 heavy (non-hydrogen) atoms. The summed E-state index contributed by atoms with van der Waals surface area (Å²) in [6, 6.07) is 0. The van der Waals surface area contributed by atoms with Crippen LogP contribution in [0.15, 0.2) is 0 Å². The Morgan fingerprint density at radius 3 is 2.29 bits per heavy atom. The van der Waals surface area contributed by atoms with Crippen molar-refractivity contribution in [3.63, 3.8) is 0 Å². The van der Waals surface area contributed by atoms with Gasteiger partial charge in [0.1, 0.15) is 0 Å². The fraction of sp³-hybridized carbons (Fsp3) is 1.00. The average Bonchev–Trinajstić information content (AvgIpc) is 2.34. The molecule has 3 nitrogen and oxygen atoms in total. The Hall–Kier alpha value is -0.120. The number of rotatable bonds is 3. The highest BCUT2D eigenvalue weighted by molar-refractivity contribution is 4.86. The Labute approximate surface area is 106 Å². The van der Waals surface area contributed by atoms with Crippen molar-refractivity contribution in [1.82, 2.24) is 4.90 Å². The Morgan fingerprint density at radius 1 is 1.00 bits per heavy atom. The lowest BCUT2D eigenvalue weighted by Gasteiger charge is -2.40. The second-order valence-corrected chi connectivity index (χ2v) is 5.90. The number of nitrogens with zero attached hydrogens (tertiary/aromatic N) is 1. The highest BCUT2D eigenvalue weighted by Crippen LogP contribution is 2.29. The second kappa shape index (κ2) is 6.72. The molecule has 0 spiro atoms. The predicted octanol–water partition coefficient (Wildman–Crippen LogP) is 2.01. The summed E-state index contributed by atoms with van der Waals surface area (Å²) in [4.78, 5) is 2.64. The van der Waals surface area contributed by atoms with Gasteiger partial charge in [-0.1, -0.05) is 19.3 Å². The van der Waals surface area contributed by atoms with Gasteiger partial charge in [-0.2, -0.15) is 0 Å². The summed E-state index contributed by atoms with van der Waals surface area (Å²) in [6.45, 7) is 6.28. The van der Waals surface area contributed by atoms with Gasteiger partial charge in [-0.3, -0.25) is 0 Å². The molecule has 2 aliphatic rings. The molecule has 100 valence electrons. The minimum absolute atomic E-state index is 0.247. The zero-order valence-electron chi connectivity index (χ0n) is 11.1. The van der Waals surface area contributed by atoms with Gasteiger partial charge in [0.05, 0.1) is 6.61 Å². The average molecular weight is 240 g/mol. The van der Waals surface area contributed by atoms with E-state index in [-0.39, 0.29) is 5.41 Å². The van der Waals surface area contributed by atoms with Gasteiger partial charge >= 0.3 is 0 Å². The molecule has 1 unspecified atom stereocenters. The van der Waals surface area contributed by atoms with Crippen LogP contribution in [0.2, 0.25) is 0 Å². The summed E-state index contributed by atoms with van der Waals surface area (Å²) < 4.78 is 5.67. The lowest BCUT2D eigenvalue weighted by Crippen LogP contribution is -2.48. The number of likely N-dealkylation sites (tertiary alicyclic amines) is 1. The zero-order valence-corrected chi connectivity index (χ0v) is 11.1. The van der Waals surface area contributed by atoms with Crippen LogP contribution in [-0.2, 0) is 4.74 Å². The zero-order chi connectivity index (χ0) is 12.0. The molecule has 0 saturated carbocycles. The van der Waals surface area contributed by atoms with Gasteiger partial charge in [-0.25, -0.2) is 0 Å². The molecule has 0 radical (unpaired) electrons. The lowest BCUT2D eigenvalue weighted by molar-refractivity contribution is -0.0228. The van der Waals surface area contributed by atoms with Gasteiger partial charge in [0, 0.05) is 25.1 Å². The maximum Gasteiger partial charge on any atom is 0.0546 e. The second-order valence-electron chi connectivity index (χ2n) is 5.90. The van der Waals surface area contributed by atoms with Gasteiger partial charge in [0.25, 0.3) is 0 Å². The summed E-state index contributed by atoms with van der Waals surface area (Å²) in [5.41, 5.74) is 6.27. The van der Waals surface area contributed by atoms with Crippen LogP contribution in [0.25, 0.3) is 0 Å². The van der Waals surface area contributed by atoms with Crippen LogP contribution in [0.4, 0.5) is 0 Å². The quantitative estimate of drug-likeness (QED) is 0.820. The SMILES string of the molecule is NCC1(CN2CCCCCCC2)CCCOC1. The largest absolute Gasteiger partial charge is 0.381 e. The molecule has 2 heterocycles. The summed E-state index contributed by atoms with van der Waals surface area (Å²) in [6.07, 6.45) is 9.40. The molecule has 2 N–H and O–H groups in total. The normalized spacial score (nSPS) is 33.0. The van der Waals surface area contributed by atoms with E-state index >= 15 is 0 Å². The number of nitrogens with two attached hydrogens (primary N) is 1. The standard InChI is InChI=1S/C14H28N2O/c15-11-14(7-6-10-17-13-14)12-16-8-4-2-1-3-5-9-16/h1-13,15H2. The van der Waals surface area contributed by atoms with Crippen LogP contribution in [0.5, 0.6) is 0 Å². The molecule has 2 saturated heterocycles. The molecule has 0 amide bonds. The van der Waals surface area contributed by atoms with Crippen LogP contribution < -0.4 is 5.73 Å². The van der Waals surface area contributed by atoms with Crippen LogP contribution in [0, 0.1) is 5.41 Å². The van der Waals surface area contributed by atoms with Gasteiger partial charge in [0.2, 0.25) is 0 Å². The first-order valence-electron chi connectivity index (χ1n) is 7.35. The number of ether oxygens (including phenoxy) is 1. The molecule has 0 aliphatic carbocycles. The predicted molar refractivity (Wildman–Crippen MR) is 71.1 cm³/mol. The molecule has 0 bridgehead atoms. The van der Waals surface area contributed by atoms with Crippen molar-refractivity contribution in [3.8, 4) is 0 Å². The molecule has 2 rings (SSSR count). The van der Waals surface area contributed by atoms with E-state index < -0.39 is 0 Å². The van der Waals surface area contributed by atoms with E-state index in [4.69, 9.17) is 10.5 Å². The Bertz CT molecular complexity index is 206. The molecule has 0 aromatic carbocycles. The van der Waals surface area contributed by atoms with Crippen LogP contribution in [0.1, 0.15) is 44.9 Å². The minimum atomic E-state index is 0.247. The minimum Gasteiger partial charge on any atom is -0.381 e. The van der Waals surface area contributed by atoms with E-state index in [0.29, 0.717) is 0 Å². The summed E-state index contributed by atoms with van der Waals surface area (Å²) in [5.74, 6) is 0. The summed E-state index contributed by atoms with van der Waals surface area (Å²) in [5, 5.41) is 0. The molecule has 0 aromatic rings. The van der Waals surface area contributed by atoms with Gasteiger partial charge in [-0.05, 0) is 38.8 Å². The Kier molecular flexibility index (Phi) is 5.26. The molecule has 1 atom stereocenters. The van der Waals surface area contributed by atoms with Gasteiger partial charge in [-0.15, -0.1) is 0 Å². The molecule has 2 aliphatic heterocycles. The first-order chi connectivity index (χ1) is 8.35. The molecular formula is C14H28N2O. The Morgan fingerprint density at radius 2 is 1.71 bits per heavy atom. The van der Waals surface area contributed by atoms with Crippen molar-refractivity contribution in [2.45, 2.75) is 44.9 Å². The molecular weight excluding hydrogens is 212 g/mol. The van der Waals surface area contributed by atoms with E-state index in [1.807, 2.05) is 0 Å². The topological polar surface area (TPSA) is 38.5 Å². The first-order valence-corrected chi connectivity index (χ1v) is 7.35. The van der Waals surface area contributed by atoms with Crippen molar-refractivity contribution in [3.05, 3.63) is 0 Å². The third kappa shape index (κ3) is 3.94. The van der Waals surface area contributed by atoms with E-state index in [0.717, 1.165) is 26.3 Å². The third-order valence-electron chi connectivity index (χ3n) is 4.34. The van der Waals surface area contributed by atoms with Crippen molar-refractivity contribution in [2.24, 2.45) is 11.1 Å². The van der Waals surface area contributed by atoms with E-state index in [9.17, 15) is 0 Å². The summed E-state index contributed by atoms with van der Waals surface area (Å²) in [7, 11) is 0. The third-order valence-corrected chi connectivity index (χ3v) is 4.34. The van der Waals surface area contributed by atoms with Crippen molar-refractivity contribution >= 4 is 0 Å². The molecule has 2 fully saturated rings. The summed E-state index contributed by atoms with van der Waals surface area (Å²) >= 11 is 0. The van der Waals surface area contributed by atoms with Gasteiger partial charge in [0.15, 0.2) is 0 Å². The first kappa shape index (κ1) is 13.3. The van der Waals surface area contributed by atoms with E-state index in [1.54, 1.807) is 0 Å².